The third-order valence-electron chi connectivity index (χ3n) is 4.78. The summed E-state index contributed by atoms with van der Waals surface area (Å²) in [6.45, 7) is 4.28. The van der Waals surface area contributed by atoms with Crippen LogP contribution < -0.4 is 5.32 Å². The van der Waals surface area contributed by atoms with Crippen molar-refractivity contribution in [2.24, 2.45) is 0 Å². The second-order valence-electron chi connectivity index (χ2n) is 7.03. The van der Waals surface area contributed by atoms with Crippen LogP contribution in [0, 0.1) is 11.3 Å². The molecular weight excluding hydrogens is 400 g/mol. The molecule has 0 bridgehead atoms. The molecular formula is C22H24N4O3S. The minimum absolute atomic E-state index is 0.130. The number of sulfonamides is 1. The lowest BCUT2D eigenvalue weighted by atomic mass is 10.2. The molecule has 7 nitrogen and oxygen atoms in total. The molecule has 1 unspecified atom stereocenters. The SMILES string of the molecule is CCC(C)Nc1oc(-c2ccc(S(=O)(=O)N(C)Cc3ccccc3)cc2)nc1C#N. The fraction of sp³-hybridized carbons (Fsp3) is 0.273. The standard InChI is InChI=1S/C22H24N4O3S/c1-4-16(2)24-22-20(14-23)25-21(29-22)18-10-12-19(13-11-18)30(27,28)26(3)15-17-8-6-5-7-9-17/h5-13,16,24H,4,15H2,1-3H3. The van der Waals surface area contributed by atoms with Gasteiger partial charge in [-0.15, -0.1) is 0 Å². The number of aromatic nitrogens is 1. The number of benzene rings is 2. The molecule has 0 amide bonds. The number of nitrogens with zero attached hydrogens (tertiary/aromatic N) is 3. The smallest absolute Gasteiger partial charge is 0.243 e. The quantitative estimate of drug-likeness (QED) is 0.580. The predicted molar refractivity (Wildman–Crippen MR) is 115 cm³/mol. The molecule has 30 heavy (non-hydrogen) atoms. The van der Waals surface area contributed by atoms with E-state index in [4.69, 9.17) is 4.42 Å². The van der Waals surface area contributed by atoms with Gasteiger partial charge in [0.25, 0.3) is 0 Å². The van der Waals surface area contributed by atoms with Crippen LogP contribution in [0.2, 0.25) is 0 Å². The fourth-order valence-electron chi connectivity index (χ4n) is 2.82. The van der Waals surface area contributed by atoms with Crippen molar-refractivity contribution in [1.82, 2.24) is 9.29 Å². The Hall–Kier alpha value is -3.15. The molecule has 8 heteroatoms. The molecule has 1 atom stereocenters. The molecule has 3 rings (SSSR count). The molecule has 0 spiro atoms. The lowest BCUT2D eigenvalue weighted by Gasteiger charge is -2.17. The Morgan fingerprint density at radius 2 is 1.83 bits per heavy atom. The van der Waals surface area contributed by atoms with E-state index in [9.17, 15) is 13.7 Å². The van der Waals surface area contributed by atoms with Crippen LogP contribution in [0.1, 0.15) is 31.5 Å². The van der Waals surface area contributed by atoms with E-state index in [0.29, 0.717) is 11.4 Å². The molecule has 0 fully saturated rings. The molecule has 0 aliphatic rings. The lowest BCUT2D eigenvalue weighted by molar-refractivity contribution is 0.466. The molecule has 0 aliphatic carbocycles. The maximum atomic E-state index is 12.9. The van der Waals surface area contributed by atoms with Gasteiger partial charge < -0.3 is 9.73 Å². The van der Waals surface area contributed by atoms with Crippen molar-refractivity contribution in [2.75, 3.05) is 12.4 Å². The Morgan fingerprint density at radius 1 is 1.17 bits per heavy atom. The second kappa shape index (κ2) is 9.11. The van der Waals surface area contributed by atoms with E-state index in [1.807, 2.05) is 50.2 Å². The average molecular weight is 425 g/mol. The average Bonchev–Trinajstić information content (AvgIpc) is 3.17. The molecule has 1 heterocycles. The molecule has 156 valence electrons. The maximum Gasteiger partial charge on any atom is 0.243 e. The normalized spacial score (nSPS) is 12.5. The Kier molecular flexibility index (Phi) is 6.55. The Balaban J connectivity index is 1.81. The van der Waals surface area contributed by atoms with Crippen LogP contribution >= 0.6 is 0 Å². The first-order valence-electron chi connectivity index (χ1n) is 9.63. The van der Waals surface area contributed by atoms with Gasteiger partial charge in [-0.05, 0) is 43.2 Å². The number of hydrogen-bond acceptors (Lipinski definition) is 6. The summed E-state index contributed by atoms with van der Waals surface area (Å²) in [7, 11) is -2.09. The van der Waals surface area contributed by atoms with Gasteiger partial charge in [-0.2, -0.15) is 14.6 Å². The predicted octanol–water partition coefficient (Wildman–Crippen LogP) is 4.24. The maximum absolute atomic E-state index is 12.9. The van der Waals surface area contributed by atoms with Gasteiger partial charge in [0.15, 0.2) is 0 Å². The molecule has 0 radical (unpaired) electrons. The van der Waals surface area contributed by atoms with Crippen LogP contribution in [0.4, 0.5) is 5.88 Å². The molecule has 0 saturated carbocycles. The van der Waals surface area contributed by atoms with Gasteiger partial charge in [0, 0.05) is 25.2 Å². The zero-order chi connectivity index (χ0) is 21.7. The zero-order valence-electron chi connectivity index (χ0n) is 17.2. The van der Waals surface area contributed by atoms with Gasteiger partial charge in [-0.1, -0.05) is 37.3 Å². The minimum Gasteiger partial charge on any atom is -0.419 e. The van der Waals surface area contributed by atoms with Gasteiger partial charge in [-0.3, -0.25) is 0 Å². The first kappa shape index (κ1) is 21.6. The summed E-state index contributed by atoms with van der Waals surface area (Å²) in [6, 6.07) is 17.9. The second-order valence-corrected chi connectivity index (χ2v) is 9.08. The number of oxazole rings is 1. The highest BCUT2D eigenvalue weighted by atomic mass is 32.2. The largest absolute Gasteiger partial charge is 0.419 e. The van der Waals surface area contributed by atoms with Gasteiger partial charge in [0.05, 0.1) is 4.90 Å². The number of anilines is 1. The number of nitriles is 1. The highest BCUT2D eigenvalue weighted by molar-refractivity contribution is 7.89. The first-order valence-corrected chi connectivity index (χ1v) is 11.1. The highest BCUT2D eigenvalue weighted by Crippen LogP contribution is 2.27. The topological polar surface area (TPSA) is 99.2 Å². The van der Waals surface area contributed by atoms with E-state index in [2.05, 4.69) is 10.3 Å². The summed E-state index contributed by atoms with van der Waals surface area (Å²) in [5.41, 5.74) is 1.67. The van der Waals surface area contributed by atoms with Gasteiger partial charge in [-0.25, -0.2) is 8.42 Å². The summed E-state index contributed by atoms with van der Waals surface area (Å²) < 4.78 is 32.8. The molecule has 2 aromatic carbocycles. The summed E-state index contributed by atoms with van der Waals surface area (Å²) in [6.07, 6.45) is 0.865. The van der Waals surface area contributed by atoms with Crippen molar-refractivity contribution >= 4 is 15.9 Å². The van der Waals surface area contributed by atoms with Crippen molar-refractivity contribution in [2.45, 2.75) is 37.8 Å². The van der Waals surface area contributed by atoms with E-state index in [1.165, 1.54) is 16.4 Å². The Morgan fingerprint density at radius 3 is 2.43 bits per heavy atom. The van der Waals surface area contributed by atoms with E-state index < -0.39 is 10.0 Å². The van der Waals surface area contributed by atoms with E-state index in [0.717, 1.165) is 12.0 Å². The third kappa shape index (κ3) is 4.70. The van der Waals surface area contributed by atoms with Crippen LogP contribution in [-0.2, 0) is 16.6 Å². The van der Waals surface area contributed by atoms with Gasteiger partial charge in [0.1, 0.15) is 6.07 Å². The van der Waals surface area contributed by atoms with Crippen molar-refractivity contribution in [3.8, 4) is 17.5 Å². The summed E-state index contributed by atoms with van der Waals surface area (Å²) in [5.74, 6) is 0.583. The van der Waals surface area contributed by atoms with Crippen LogP contribution in [0.25, 0.3) is 11.5 Å². The fourth-order valence-corrected chi connectivity index (χ4v) is 3.98. The van der Waals surface area contributed by atoms with E-state index in [1.54, 1.807) is 19.2 Å². The summed E-state index contributed by atoms with van der Waals surface area (Å²) in [5, 5.41) is 12.4. The van der Waals surface area contributed by atoms with Crippen molar-refractivity contribution in [1.29, 1.82) is 5.26 Å². The summed E-state index contributed by atoms with van der Waals surface area (Å²) >= 11 is 0. The molecule has 1 aromatic heterocycles. The van der Waals surface area contributed by atoms with E-state index in [-0.39, 0.29) is 29.1 Å². The summed E-state index contributed by atoms with van der Waals surface area (Å²) in [4.78, 5) is 4.39. The van der Waals surface area contributed by atoms with Gasteiger partial charge in [0.2, 0.25) is 27.5 Å². The van der Waals surface area contributed by atoms with Crippen molar-refractivity contribution in [3.05, 3.63) is 65.9 Å². The highest BCUT2D eigenvalue weighted by Gasteiger charge is 2.22. The molecule has 0 aliphatic heterocycles. The van der Waals surface area contributed by atoms with Crippen molar-refractivity contribution in [3.63, 3.8) is 0 Å². The first-order chi connectivity index (χ1) is 14.3. The van der Waals surface area contributed by atoms with Crippen molar-refractivity contribution < 1.29 is 12.8 Å². The third-order valence-corrected chi connectivity index (χ3v) is 6.60. The molecule has 0 saturated heterocycles. The lowest BCUT2D eigenvalue weighted by Crippen LogP contribution is -2.26. The minimum atomic E-state index is -3.65. The van der Waals surface area contributed by atoms with E-state index >= 15 is 0 Å². The van der Waals surface area contributed by atoms with Crippen LogP contribution in [-0.4, -0.2) is 30.8 Å². The van der Waals surface area contributed by atoms with Crippen LogP contribution in [0.15, 0.2) is 63.9 Å². The zero-order valence-corrected chi connectivity index (χ0v) is 18.0. The number of nitrogens with one attached hydrogen (secondary N) is 1. The number of hydrogen-bond donors (Lipinski definition) is 1. The number of rotatable bonds is 8. The molecule has 3 aromatic rings. The monoisotopic (exact) mass is 424 g/mol. The van der Waals surface area contributed by atoms with Crippen LogP contribution in [0.3, 0.4) is 0 Å². The molecule has 1 N–H and O–H groups in total. The van der Waals surface area contributed by atoms with Crippen LogP contribution in [0.5, 0.6) is 0 Å². The Bertz CT molecular complexity index is 1130. The van der Waals surface area contributed by atoms with Gasteiger partial charge >= 0.3 is 0 Å². The Labute approximate surface area is 177 Å².